The third-order valence-corrected chi connectivity index (χ3v) is 3.91. The van der Waals surface area contributed by atoms with Crippen molar-refractivity contribution in [2.75, 3.05) is 13.2 Å². The summed E-state index contributed by atoms with van der Waals surface area (Å²) in [5, 5.41) is 20.7. The highest BCUT2D eigenvalue weighted by Crippen LogP contribution is 2.58. The summed E-state index contributed by atoms with van der Waals surface area (Å²) in [5.41, 5.74) is -0.640. The highest BCUT2D eigenvalue weighted by atomic mass is 16.4. The third-order valence-electron chi connectivity index (χ3n) is 3.91. The Hall–Kier alpha value is -1.10. The number of carboxylic acids is 1. The Morgan fingerprint density at radius 1 is 1.28 bits per heavy atom. The van der Waals surface area contributed by atoms with E-state index >= 15 is 0 Å². The lowest BCUT2D eigenvalue weighted by Crippen LogP contribution is -2.36. The van der Waals surface area contributed by atoms with E-state index in [1.54, 1.807) is 13.8 Å². The maximum absolute atomic E-state index is 11.9. The van der Waals surface area contributed by atoms with Crippen LogP contribution >= 0.6 is 0 Å². The molecule has 0 saturated heterocycles. The summed E-state index contributed by atoms with van der Waals surface area (Å²) in [6.07, 6.45) is 0.601. The van der Waals surface area contributed by atoms with Crippen molar-refractivity contribution in [3.05, 3.63) is 0 Å². The van der Waals surface area contributed by atoms with Gasteiger partial charge in [-0.2, -0.15) is 0 Å². The van der Waals surface area contributed by atoms with Gasteiger partial charge in [-0.05, 0) is 17.3 Å². The molecule has 0 aromatic rings. The lowest BCUT2D eigenvalue weighted by Gasteiger charge is -2.24. The van der Waals surface area contributed by atoms with Crippen LogP contribution in [0, 0.1) is 22.7 Å². The van der Waals surface area contributed by atoms with Gasteiger partial charge in [0.2, 0.25) is 5.91 Å². The Labute approximate surface area is 108 Å². The van der Waals surface area contributed by atoms with E-state index in [0.717, 1.165) is 0 Å². The minimum atomic E-state index is -0.908. The number of amides is 1. The van der Waals surface area contributed by atoms with E-state index in [1.165, 1.54) is 0 Å². The number of carbonyl (C=O) groups is 2. The van der Waals surface area contributed by atoms with Crippen LogP contribution in [0.4, 0.5) is 0 Å². The fourth-order valence-corrected chi connectivity index (χ4v) is 2.42. The summed E-state index contributed by atoms with van der Waals surface area (Å²) >= 11 is 0. The molecule has 0 bridgehead atoms. The van der Waals surface area contributed by atoms with Crippen LogP contribution in [0.15, 0.2) is 0 Å². The molecule has 0 aromatic heterocycles. The Bertz CT molecular complexity index is 349. The number of aliphatic hydroxyl groups is 1. The van der Waals surface area contributed by atoms with Gasteiger partial charge in [-0.1, -0.05) is 27.7 Å². The second-order valence-corrected chi connectivity index (χ2v) is 6.47. The molecule has 0 spiro atoms. The van der Waals surface area contributed by atoms with Gasteiger partial charge in [0.15, 0.2) is 0 Å². The van der Waals surface area contributed by atoms with Gasteiger partial charge in [0.1, 0.15) is 0 Å². The van der Waals surface area contributed by atoms with Gasteiger partial charge >= 0.3 is 5.97 Å². The van der Waals surface area contributed by atoms with Crippen LogP contribution in [0.3, 0.4) is 0 Å². The first kappa shape index (κ1) is 15.0. The normalized spacial score (nSPS) is 25.6. The molecular formula is C13H23NO4. The van der Waals surface area contributed by atoms with E-state index in [-0.39, 0.29) is 17.9 Å². The maximum Gasteiger partial charge on any atom is 0.307 e. The van der Waals surface area contributed by atoms with E-state index in [9.17, 15) is 9.59 Å². The summed E-state index contributed by atoms with van der Waals surface area (Å²) in [6, 6.07) is 0. The summed E-state index contributed by atoms with van der Waals surface area (Å²) in [6.45, 7) is 8.04. The third kappa shape index (κ3) is 3.02. The van der Waals surface area contributed by atoms with Crippen LogP contribution in [-0.4, -0.2) is 35.2 Å². The molecule has 1 aliphatic rings. The number of hydrogen-bond donors (Lipinski definition) is 3. The second-order valence-electron chi connectivity index (χ2n) is 6.47. The summed E-state index contributed by atoms with van der Waals surface area (Å²) < 4.78 is 0. The highest BCUT2D eigenvalue weighted by Gasteiger charge is 2.65. The number of carbonyl (C=O) groups excluding carboxylic acids is 1. The molecule has 5 heteroatoms. The molecule has 3 N–H and O–H groups in total. The minimum absolute atomic E-state index is 0.0789. The van der Waals surface area contributed by atoms with Crippen LogP contribution in [0.25, 0.3) is 0 Å². The first-order valence-electron chi connectivity index (χ1n) is 6.25. The van der Waals surface area contributed by atoms with Gasteiger partial charge in [0, 0.05) is 13.2 Å². The Morgan fingerprint density at radius 2 is 1.83 bits per heavy atom. The predicted octanol–water partition coefficient (Wildman–Crippen LogP) is 0.868. The van der Waals surface area contributed by atoms with Crippen molar-refractivity contribution in [2.24, 2.45) is 22.7 Å². The highest BCUT2D eigenvalue weighted by molar-refractivity contribution is 5.91. The van der Waals surface area contributed by atoms with Crippen molar-refractivity contribution in [2.45, 2.75) is 34.1 Å². The summed E-state index contributed by atoms with van der Waals surface area (Å²) in [4.78, 5) is 22.9. The molecule has 0 radical (unpaired) electrons. The number of rotatable bonds is 6. The molecule has 104 valence electrons. The molecule has 5 nitrogen and oxygen atoms in total. The predicted molar refractivity (Wildman–Crippen MR) is 66.9 cm³/mol. The zero-order chi connectivity index (χ0) is 14.1. The zero-order valence-electron chi connectivity index (χ0n) is 11.5. The molecule has 0 aromatic carbocycles. The molecule has 0 unspecified atom stereocenters. The van der Waals surface area contributed by atoms with Crippen LogP contribution in [0.2, 0.25) is 0 Å². The Morgan fingerprint density at radius 3 is 2.22 bits per heavy atom. The van der Waals surface area contributed by atoms with Crippen molar-refractivity contribution in [1.82, 2.24) is 5.32 Å². The minimum Gasteiger partial charge on any atom is -0.481 e. The topological polar surface area (TPSA) is 86.6 Å². The smallest absolute Gasteiger partial charge is 0.307 e. The standard InChI is InChI=1S/C13H23NO4/c1-12(2,5-6-15)7-14-10(16)8-9(11(17)18)13(8,3)4/h8-9,15H,5-7H2,1-4H3,(H,14,16)(H,17,18)/t8-,9+/m1/s1. The Kier molecular flexibility index (Phi) is 4.05. The molecule has 1 fully saturated rings. The van der Waals surface area contributed by atoms with E-state index in [2.05, 4.69) is 5.32 Å². The summed E-state index contributed by atoms with van der Waals surface area (Å²) in [5.74, 6) is -2.13. The summed E-state index contributed by atoms with van der Waals surface area (Å²) in [7, 11) is 0. The number of nitrogens with one attached hydrogen (secondary N) is 1. The molecule has 0 heterocycles. The van der Waals surface area contributed by atoms with Gasteiger partial charge in [-0.15, -0.1) is 0 Å². The van der Waals surface area contributed by atoms with Crippen molar-refractivity contribution < 1.29 is 19.8 Å². The molecule has 2 atom stereocenters. The SMILES string of the molecule is CC(C)(CCO)CNC(=O)[C@H]1[C@@H](C(=O)O)C1(C)C. The van der Waals surface area contributed by atoms with E-state index < -0.39 is 23.2 Å². The Balaban J connectivity index is 2.51. The molecule has 1 amide bonds. The molecule has 1 aliphatic carbocycles. The van der Waals surface area contributed by atoms with Crippen LogP contribution < -0.4 is 5.32 Å². The van der Waals surface area contributed by atoms with Crippen LogP contribution in [-0.2, 0) is 9.59 Å². The van der Waals surface area contributed by atoms with E-state index in [4.69, 9.17) is 10.2 Å². The van der Waals surface area contributed by atoms with Crippen LogP contribution in [0.1, 0.15) is 34.1 Å². The van der Waals surface area contributed by atoms with Gasteiger partial charge in [-0.3, -0.25) is 9.59 Å². The van der Waals surface area contributed by atoms with Gasteiger partial charge in [0.25, 0.3) is 0 Å². The zero-order valence-corrected chi connectivity index (χ0v) is 11.5. The van der Waals surface area contributed by atoms with Crippen molar-refractivity contribution >= 4 is 11.9 Å². The molecule has 1 rings (SSSR count). The number of aliphatic carboxylic acids is 1. The molecule has 0 aliphatic heterocycles. The lowest BCUT2D eigenvalue weighted by atomic mass is 9.89. The van der Waals surface area contributed by atoms with E-state index in [0.29, 0.717) is 13.0 Å². The quantitative estimate of drug-likeness (QED) is 0.659. The average molecular weight is 257 g/mol. The second kappa shape index (κ2) is 4.88. The van der Waals surface area contributed by atoms with Crippen molar-refractivity contribution in [3.8, 4) is 0 Å². The molecule has 18 heavy (non-hydrogen) atoms. The average Bonchev–Trinajstić information content (AvgIpc) is 2.78. The number of hydrogen-bond acceptors (Lipinski definition) is 3. The van der Waals surface area contributed by atoms with E-state index in [1.807, 2.05) is 13.8 Å². The number of aliphatic hydroxyl groups excluding tert-OH is 1. The largest absolute Gasteiger partial charge is 0.481 e. The molecule has 1 saturated carbocycles. The monoisotopic (exact) mass is 257 g/mol. The first-order valence-corrected chi connectivity index (χ1v) is 6.25. The first-order chi connectivity index (χ1) is 8.13. The van der Waals surface area contributed by atoms with Crippen LogP contribution in [0.5, 0.6) is 0 Å². The fourth-order valence-electron chi connectivity index (χ4n) is 2.42. The van der Waals surface area contributed by atoms with Gasteiger partial charge in [0.05, 0.1) is 11.8 Å². The molecular weight excluding hydrogens is 234 g/mol. The maximum atomic E-state index is 11.9. The number of carboxylic acid groups (broad SMARTS) is 1. The van der Waals surface area contributed by atoms with Gasteiger partial charge in [-0.25, -0.2) is 0 Å². The van der Waals surface area contributed by atoms with Gasteiger partial charge < -0.3 is 15.5 Å². The van der Waals surface area contributed by atoms with Crippen molar-refractivity contribution in [1.29, 1.82) is 0 Å². The van der Waals surface area contributed by atoms with Crippen molar-refractivity contribution in [3.63, 3.8) is 0 Å². The lowest BCUT2D eigenvalue weighted by molar-refractivity contribution is -0.140. The fraction of sp³-hybridized carbons (Fsp3) is 0.846.